The molecule has 5 rings (SSSR count). The number of aliphatic hydroxyl groups is 1. The van der Waals surface area contributed by atoms with E-state index < -0.39 is 17.7 Å². The first-order valence-electron chi connectivity index (χ1n) is 10.4. The Morgan fingerprint density at radius 3 is 2.69 bits per heavy atom. The van der Waals surface area contributed by atoms with E-state index in [0.717, 1.165) is 38.5 Å². The lowest BCUT2D eigenvalue weighted by atomic mass is 9.58. The van der Waals surface area contributed by atoms with E-state index in [1.807, 2.05) is 6.92 Å². The molecule has 1 spiro atoms. The van der Waals surface area contributed by atoms with Crippen molar-refractivity contribution in [3.8, 4) is 0 Å². The summed E-state index contributed by atoms with van der Waals surface area (Å²) in [6.45, 7) is 7.37. The van der Waals surface area contributed by atoms with Crippen molar-refractivity contribution in [3.05, 3.63) is 0 Å². The molecule has 0 aromatic heterocycles. The van der Waals surface area contributed by atoms with Gasteiger partial charge in [-0.15, -0.1) is 0 Å². The number of hydrogen-bond donors (Lipinski definition) is 1. The topological polar surface area (TPSA) is 66.4 Å². The zero-order valence-corrected chi connectivity index (χ0v) is 16.3. The normalized spacial score (nSPS) is 50.3. The van der Waals surface area contributed by atoms with E-state index in [0.29, 0.717) is 24.4 Å². The van der Waals surface area contributed by atoms with Crippen LogP contribution in [0.2, 0.25) is 0 Å². The van der Waals surface area contributed by atoms with Gasteiger partial charge in [0, 0.05) is 31.5 Å². The van der Waals surface area contributed by atoms with Gasteiger partial charge in [0.2, 0.25) is 5.79 Å². The summed E-state index contributed by atoms with van der Waals surface area (Å²) in [5, 5.41) is 8.91. The Labute approximate surface area is 156 Å². The SMILES string of the molecule is C[C@H]1[C@@H](OCCCCCO)O[C@@H]2O[C@@]3(C)CC[C@H]4[C@H](C)CC[C@@H]1[C@@]24OO3. The standard InChI is InChI=1S/C20H34O6/c1-13-7-8-16-14(2)17(22-12-6-4-5-11-21)23-18-20(16)15(13)9-10-19(3,24-18)25-26-20/h13-18,21H,4-12H2,1-3H3/t13-,14-,15+,16+,17+,18-,19-,20-/m1/s1. The highest BCUT2D eigenvalue weighted by atomic mass is 17.3. The molecular weight excluding hydrogens is 336 g/mol. The van der Waals surface area contributed by atoms with Crippen molar-refractivity contribution in [2.75, 3.05) is 13.2 Å². The summed E-state index contributed by atoms with van der Waals surface area (Å²) >= 11 is 0. The molecule has 6 heteroatoms. The molecule has 1 saturated carbocycles. The van der Waals surface area contributed by atoms with E-state index in [9.17, 15) is 0 Å². The lowest BCUT2D eigenvalue weighted by Crippen LogP contribution is -2.70. The summed E-state index contributed by atoms with van der Waals surface area (Å²) in [7, 11) is 0. The Bertz CT molecular complexity index is 501. The van der Waals surface area contributed by atoms with Gasteiger partial charge >= 0.3 is 0 Å². The van der Waals surface area contributed by atoms with Crippen LogP contribution >= 0.6 is 0 Å². The quantitative estimate of drug-likeness (QED) is 0.571. The molecule has 4 saturated heterocycles. The maximum absolute atomic E-state index is 8.91. The zero-order chi connectivity index (χ0) is 18.4. The van der Waals surface area contributed by atoms with Gasteiger partial charge < -0.3 is 19.3 Å². The van der Waals surface area contributed by atoms with Gasteiger partial charge in [-0.25, -0.2) is 9.78 Å². The van der Waals surface area contributed by atoms with Gasteiger partial charge in [-0.2, -0.15) is 0 Å². The number of fused-ring (bicyclic) bond motifs is 2. The fourth-order valence-corrected chi connectivity index (χ4v) is 5.65. The van der Waals surface area contributed by atoms with E-state index in [2.05, 4.69) is 13.8 Å². The van der Waals surface area contributed by atoms with Crippen LogP contribution in [-0.2, 0) is 24.0 Å². The first-order valence-corrected chi connectivity index (χ1v) is 10.4. The second-order valence-electron chi connectivity index (χ2n) is 8.93. The molecule has 1 N–H and O–H groups in total. The second-order valence-corrected chi connectivity index (χ2v) is 8.93. The minimum Gasteiger partial charge on any atom is -0.396 e. The number of rotatable bonds is 6. The van der Waals surface area contributed by atoms with Crippen LogP contribution in [0.4, 0.5) is 0 Å². The molecule has 1 aliphatic carbocycles. The first-order chi connectivity index (χ1) is 12.5. The van der Waals surface area contributed by atoms with Crippen LogP contribution in [0.15, 0.2) is 0 Å². The Kier molecular flexibility index (Phi) is 5.36. The molecule has 4 aliphatic heterocycles. The fourth-order valence-electron chi connectivity index (χ4n) is 5.65. The minimum absolute atomic E-state index is 0.230. The van der Waals surface area contributed by atoms with Crippen molar-refractivity contribution in [2.45, 2.75) is 89.7 Å². The lowest BCUT2D eigenvalue weighted by molar-refractivity contribution is -0.577. The average Bonchev–Trinajstić information content (AvgIpc) is 2.85. The number of aliphatic hydroxyl groups excluding tert-OH is 1. The van der Waals surface area contributed by atoms with Crippen LogP contribution < -0.4 is 0 Å². The van der Waals surface area contributed by atoms with Crippen molar-refractivity contribution in [1.29, 1.82) is 0 Å². The molecule has 0 unspecified atom stereocenters. The maximum Gasteiger partial charge on any atom is 0.201 e. The number of ether oxygens (including phenoxy) is 3. The minimum atomic E-state index is -0.732. The molecule has 26 heavy (non-hydrogen) atoms. The second kappa shape index (κ2) is 7.30. The Morgan fingerprint density at radius 2 is 1.88 bits per heavy atom. The first kappa shape index (κ1) is 19.1. The molecule has 8 atom stereocenters. The van der Waals surface area contributed by atoms with Crippen molar-refractivity contribution in [3.63, 3.8) is 0 Å². The molecular formula is C20H34O6. The third-order valence-corrected chi connectivity index (χ3v) is 7.18. The predicted molar refractivity (Wildman–Crippen MR) is 93.7 cm³/mol. The Morgan fingerprint density at radius 1 is 1.04 bits per heavy atom. The highest BCUT2D eigenvalue weighted by molar-refractivity contribution is 5.09. The molecule has 2 bridgehead atoms. The highest BCUT2D eigenvalue weighted by Gasteiger charge is 2.69. The molecule has 5 fully saturated rings. The molecule has 0 aromatic rings. The van der Waals surface area contributed by atoms with Gasteiger partial charge in [0.1, 0.15) is 0 Å². The van der Waals surface area contributed by atoms with Crippen LogP contribution in [0, 0.1) is 23.7 Å². The van der Waals surface area contributed by atoms with E-state index in [1.54, 1.807) is 0 Å². The highest BCUT2D eigenvalue weighted by Crippen LogP contribution is 2.60. The summed E-state index contributed by atoms with van der Waals surface area (Å²) in [4.78, 5) is 12.0. The van der Waals surface area contributed by atoms with E-state index >= 15 is 0 Å². The van der Waals surface area contributed by atoms with Crippen molar-refractivity contribution in [2.24, 2.45) is 23.7 Å². The molecule has 5 aliphatic rings. The molecule has 0 aromatic carbocycles. The number of unbranched alkanes of at least 4 members (excludes halogenated alkanes) is 2. The summed E-state index contributed by atoms with van der Waals surface area (Å²) in [5.74, 6) is 0.780. The molecule has 6 nitrogen and oxygen atoms in total. The van der Waals surface area contributed by atoms with Crippen LogP contribution in [0.3, 0.4) is 0 Å². The zero-order valence-electron chi connectivity index (χ0n) is 16.3. The third kappa shape index (κ3) is 3.03. The van der Waals surface area contributed by atoms with Gasteiger partial charge in [0.15, 0.2) is 18.2 Å². The van der Waals surface area contributed by atoms with Gasteiger partial charge in [-0.05, 0) is 57.3 Å². The number of hydrogen-bond acceptors (Lipinski definition) is 6. The third-order valence-electron chi connectivity index (χ3n) is 7.18. The van der Waals surface area contributed by atoms with Gasteiger partial charge in [-0.3, -0.25) is 0 Å². The predicted octanol–water partition coefficient (Wildman–Crippen LogP) is 3.37. The fraction of sp³-hybridized carbons (Fsp3) is 1.00. The summed E-state index contributed by atoms with van der Waals surface area (Å²) in [5.41, 5.74) is -0.510. The summed E-state index contributed by atoms with van der Waals surface area (Å²) in [6.07, 6.45) is 6.20. The molecule has 0 amide bonds. The summed E-state index contributed by atoms with van der Waals surface area (Å²) < 4.78 is 18.8. The maximum atomic E-state index is 8.91. The Balaban J connectivity index is 1.53. The Hall–Kier alpha value is -0.240. The van der Waals surface area contributed by atoms with Crippen molar-refractivity contribution >= 4 is 0 Å². The van der Waals surface area contributed by atoms with Crippen LogP contribution in [0.5, 0.6) is 0 Å². The van der Waals surface area contributed by atoms with E-state index in [4.69, 9.17) is 29.1 Å². The van der Waals surface area contributed by atoms with E-state index in [-0.39, 0.29) is 18.8 Å². The van der Waals surface area contributed by atoms with Crippen LogP contribution in [0.1, 0.15) is 65.7 Å². The van der Waals surface area contributed by atoms with Gasteiger partial charge in [-0.1, -0.05) is 13.8 Å². The lowest BCUT2D eigenvalue weighted by Gasteiger charge is -2.60. The van der Waals surface area contributed by atoms with E-state index in [1.165, 1.54) is 6.42 Å². The smallest absolute Gasteiger partial charge is 0.201 e. The van der Waals surface area contributed by atoms with Crippen molar-refractivity contribution < 1.29 is 29.1 Å². The largest absolute Gasteiger partial charge is 0.396 e. The average molecular weight is 370 g/mol. The molecule has 150 valence electrons. The van der Waals surface area contributed by atoms with Crippen molar-refractivity contribution in [1.82, 2.24) is 0 Å². The van der Waals surface area contributed by atoms with Gasteiger partial charge in [0.05, 0.1) is 0 Å². The van der Waals surface area contributed by atoms with Crippen LogP contribution in [-0.4, -0.2) is 42.3 Å². The monoisotopic (exact) mass is 370 g/mol. The van der Waals surface area contributed by atoms with Crippen LogP contribution in [0.25, 0.3) is 0 Å². The molecule has 0 radical (unpaired) electrons. The van der Waals surface area contributed by atoms with Gasteiger partial charge in [0.25, 0.3) is 0 Å². The summed E-state index contributed by atoms with van der Waals surface area (Å²) in [6, 6.07) is 0. The molecule has 4 heterocycles.